The van der Waals surface area contributed by atoms with Crippen LogP contribution in [0.1, 0.15) is 208 Å². The molecule has 4 nitrogen and oxygen atoms in total. The van der Waals surface area contributed by atoms with Crippen LogP contribution in [0.25, 0.3) is 65.3 Å². The van der Waals surface area contributed by atoms with Gasteiger partial charge in [0.25, 0.3) is 0 Å². The second-order valence-corrected chi connectivity index (χ2v) is 34.5. The molecular formula is C114H124N4. The van der Waals surface area contributed by atoms with Crippen LogP contribution in [0.4, 0.5) is 68.2 Å². The Hall–Kier alpha value is -11.2. The summed E-state index contributed by atoms with van der Waals surface area (Å²) in [5.74, 6) is 0. The maximum absolute atomic E-state index is 2.52. The summed E-state index contributed by atoms with van der Waals surface area (Å²) < 4.78 is 0. The minimum absolute atomic E-state index is 1.08. The molecule has 0 aliphatic rings. The zero-order valence-electron chi connectivity index (χ0n) is 73.6. The first-order chi connectivity index (χ1) is 57.4. The molecule has 0 aromatic heterocycles. The molecule has 0 N–H and O–H groups in total. The molecule has 0 aliphatic heterocycles. The molecule has 15 aromatic rings. The Labute approximate surface area is 706 Å². The summed E-state index contributed by atoms with van der Waals surface area (Å²) in [7, 11) is 0. The largest absolute Gasteiger partial charge is 0.310 e. The molecule has 0 bridgehead atoms. The minimum atomic E-state index is 1.08. The summed E-state index contributed by atoms with van der Waals surface area (Å²) in [6.07, 6.45) is 20.7. The average molecular weight is 1550 g/mol. The number of unbranched alkanes of at least 4 members (excludes halogenated alkanes) is 6. The van der Waals surface area contributed by atoms with Crippen LogP contribution in [0, 0.1) is 69.2 Å². The first-order valence-electron chi connectivity index (χ1n) is 44.7. The number of nitrogens with zero attached hydrogens (tertiary/aromatic N) is 4. The Bertz CT molecular complexity index is 5570. The van der Waals surface area contributed by atoms with E-state index in [1.165, 1.54) is 266 Å². The SMILES string of the molecule is CCCCc1ccc(N(c2ccc(N(c3ccc(-c4cc5c(C)ccc6c7ccc(C)c8cc(-c9ccc(N(c%10ccc(N(c%11ccc(CCCC)cc%11)c%11c(C)cc(CCCC)cc%11C)cc%10)c%10c(C)cc(CCCC)cc%10C)cc9)cc(c(c4)c56)c87)cc3)c3c(C)cc(CCCC)cc3C)cc2)c2c(C)cc(CCCC)cc2C)cc1. The third-order valence-electron chi connectivity index (χ3n) is 25.3. The van der Waals surface area contributed by atoms with Gasteiger partial charge in [-0.1, -0.05) is 201 Å². The number of fused-ring (bicyclic) bond motifs is 2. The van der Waals surface area contributed by atoms with E-state index in [4.69, 9.17) is 0 Å². The zero-order chi connectivity index (χ0) is 82.4. The lowest BCUT2D eigenvalue weighted by molar-refractivity contribution is 0.794. The van der Waals surface area contributed by atoms with E-state index in [1.54, 1.807) is 0 Å². The third kappa shape index (κ3) is 16.9. The fourth-order valence-corrected chi connectivity index (χ4v) is 19.3. The van der Waals surface area contributed by atoms with Crippen LogP contribution < -0.4 is 19.6 Å². The van der Waals surface area contributed by atoms with Crippen LogP contribution in [-0.4, -0.2) is 0 Å². The van der Waals surface area contributed by atoms with E-state index in [9.17, 15) is 0 Å². The third-order valence-corrected chi connectivity index (χ3v) is 25.3. The van der Waals surface area contributed by atoms with E-state index in [0.717, 1.165) is 72.6 Å². The summed E-state index contributed by atoms with van der Waals surface area (Å²) in [5, 5.41) is 10.4. The van der Waals surface area contributed by atoms with E-state index >= 15 is 0 Å². The highest BCUT2D eigenvalue weighted by Crippen LogP contribution is 2.50. The molecular weight excluding hydrogens is 1430 g/mol. The van der Waals surface area contributed by atoms with Crippen molar-refractivity contribution in [1.82, 2.24) is 0 Å². The molecule has 0 amide bonds. The molecule has 0 spiro atoms. The smallest absolute Gasteiger partial charge is 0.0520 e. The molecule has 15 aromatic carbocycles. The molecule has 0 saturated heterocycles. The van der Waals surface area contributed by atoms with Gasteiger partial charge in [-0.25, -0.2) is 0 Å². The van der Waals surface area contributed by atoms with Gasteiger partial charge in [0, 0.05) is 45.5 Å². The van der Waals surface area contributed by atoms with E-state index in [1.807, 2.05) is 0 Å². The van der Waals surface area contributed by atoms with Crippen molar-refractivity contribution in [2.45, 2.75) is 226 Å². The lowest BCUT2D eigenvalue weighted by Crippen LogP contribution is -2.15. The Morgan fingerprint density at radius 1 is 0.169 bits per heavy atom. The van der Waals surface area contributed by atoms with Crippen molar-refractivity contribution >= 4 is 111 Å². The van der Waals surface area contributed by atoms with Crippen LogP contribution in [0.5, 0.6) is 0 Å². The highest BCUT2D eigenvalue weighted by Gasteiger charge is 2.27. The molecule has 0 unspecified atom stereocenters. The predicted molar refractivity (Wildman–Crippen MR) is 516 cm³/mol. The van der Waals surface area contributed by atoms with Gasteiger partial charge in [-0.05, 0) is 422 Å². The number of hydrogen-bond acceptors (Lipinski definition) is 4. The Balaban J connectivity index is 0.819. The minimum Gasteiger partial charge on any atom is -0.310 e. The number of anilines is 12. The lowest BCUT2D eigenvalue weighted by atomic mass is 9.84. The van der Waals surface area contributed by atoms with Crippen molar-refractivity contribution < 1.29 is 0 Å². The fraction of sp³-hybridized carbons (Fsp3) is 0.298. The first kappa shape index (κ1) is 81.9. The van der Waals surface area contributed by atoms with Crippen molar-refractivity contribution in [2.75, 3.05) is 19.6 Å². The summed E-state index contributed by atoms with van der Waals surface area (Å²) in [4.78, 5) is 10.0. The van der Waals surface area contributed by atoms with Crippen LogP contribution in [0.15, 0.2) is 243 Å². The topological polar surface area (TPSA) is 13.0 Å². The standard InChI is InChI=1S/C114H124N4/c1-17-23-29-85-37-45-95(46-38-85)115(111-77(9)63-87(31-25-19-3)64-78(111)10)99-53-57-101(58-54-99)117(113-81(13)67-89(33-27-21-5)68-82(113)14)97-49-41-91(42-50-97)93-71-105-75(7)35-61-103-104-62-36-76(8)106-72-94(74-108(110(104)106)107(73-93)109(103)105)92-43-51-98(52-44-92)118(114-83(15)69-90(34-28-22-6)70-84(114)16)102-59-55-100(56-60-102)116(96-47-39-86(40-48-96)30-24-18-2)112-79(11)65-88(32-26-20-4)66-80(112)12/h35-74H,17-34H2,1-16H3. The predicted octanol–water partition coefficient (Wildman–Crippen LogP) is 34.1. The number of benzene rings is 15. The Morgan fingerprint density at radius 3 is 0.585 bits per heavy atom. The molecule has 0 heterocycles. The molecule has 600 valence electrons. The molecule has 4 heteroatoms. The van der Waals surface area contributed by atoms with Gasteiger partial charge < -0.3 is 19.6 Å². The van der Waals surface area contributed by atoms with Crippen molar-refractivity contribution in [3.63, 3.8) is 0 Å². The van der Waals surface area contributed by atoms with Crippen molar-refractivity contribution in [2.24, 2.45) is 0 Å². The van der Waals surface area contributed by atoms with Gasteiger partial charge in [-0.15, -0.1) is 0 Å². The Kier molecular flexibility index (Phi) is 25.2. The lowest BCUT2D eigenvalue weighted by Gasteiger charge is -2.32. The maximum Gasteiger partial charge on any atom is 0.0520 e. The second kappa shape index (κ2) is 36.3. The summed E-state index contributed by atoms with van der Waals surface area (Å²) in [6.45, 7) is 36.8. The molecule has 0 aliphatic carbocycles. The molecule has 0 saturated carbocycles. The van der Waals surface area contributed by atoms with Crippen molar-refractivity contribution in [3.8, 4) is 22.3 Å². The van der Waals surface area contributed by atoms with Gasteiger partial charge in [0.15, 0.2) is 0 Å². The molecule has 0 radical (unpaired) electrons. The first-order valence-corrected chi connectivity index (χ1v) is 44.7. The summed E-state index contributed by atoms with van der Waals surface area (Å²) >= 11 is 0. The molecule has 15 rings (SSSR count). The number of hydrogen-bond donors (Lipinski definition) is 0. The molecule has 0 atom stereocenters. The molecule has 118 heavy (non-hydrogen) atoms. The normalized spacial score (nSPS) is 11.7. The quantitative estimate of drug-likeness (QED) is 0.0308. The van der Waals surface area contributed by atoms with Gasteiger partial charge >= 0.3 is 0 Å². The number of rotatable bonds is 32. The fourth-order valence-electron chi connectivity index (χ4n) is 19.3. The second-order valence-electron chi connectivity index (χ2n) is 34.5. The van der Waals surface area contributed by atoms with E-state index in [2.05, 4.69) is 373 Å². The summed E-state index contributed by atoms with van der Waals surface area (Å²) in [6, 6.07) is 95.5. The average Bonchev–Trinajstić information content (AvgIpc) is 0.706. The van der Waals surface area contributed by atoms with Crippen molar-refractivity contribution in [3.05, 3.63) is 332 Å². The van der Waals surface area contributed by atoms with Gasteiger partial charge in [-0.3, -0.25) is 0 Å². The van der Waals surface area contributed by atoms with Crippen molar-refractivity contribution in [1.29, 1.82) is 0 Å². The van der Waals surface area contributed by atoms with Crippen LogP contribution in [-0.2, 0) is 38.5 Å². The maximum atomic E-state index is 2.52. The molecule has 0 fully saturated rings. The van der Waals surface area contributed by atoms with Gasteiger partial charge in [-0.2, -0.15) is 0 Å². The zero-order valence-corrected chi connectivity index (χ0v) is 73.6. The Morgan fingerprint density at radius 2 is 0.364 bits per heavy atom. The highest BCUT2D eigenvalue weighted by atomic mass is 15.2. The van der Waals surface area contributed by atoms with Crippen LogP contribution in [0.2, 0.25) is 0 Å². The van der Waals surface area contributed by atoms with E-state index in [-0.39, 0.29) is 0 Å². The van der Waals surface area contributed by atoms with Crippen LogP contribution in [0.3, 0.4) is 0 Å². The van der Waals surface area contributed by atoms with Gasteiger partial charge in [0.05, 0.1) is 22.7 Å². The monoisotopic (exact) mass is 1550 g/mol. The van der Waals surface area contributed by atoms with E-state index < -0.39 is 0 Å². The summed E-state index contributed by atoms with van der Waals surface area (Å²) in [5.41, 5.74) is 40.2. The van der Waals surface area contributed by atoms with E-state index in [0.29, 0.717) is 0 Å². The van der Waals surface area contributed by atoms with Gasteiger partial charge in [0.1, 0.15) is 0 Å². The highest BCUT2D eigenvalue weighted by molar-refractivity contribution is 6.34. The number of aryl methyl sites for hydroxylation is 16. The van der Waals surface area contributed by atoms with Crippen LogP contribution >= 0.6 is 0 Å². The van der Waals surface area contributed by atoms with Gasteiger partial charge in [0.2, 0.25) is 0 Å².